The smallest absolute Gasteiger partial charge is 0.329 e. The third kappa shape index (κ3) is 5.66. The third-order valence-corrected chi connectivity index (χ3v) is 5.97. The van der Waals surface area contributed by atoms with Crippen LogP contribution in [0.15, 0.2) is 67.7 Å². The van der Waals surface area contributed by atoms with Gasteiger partial charge >= 0.3 is 5.69 Å². The van der Waals surface area contributed by atoms with E-state index in [1.54, 1.807) is 18.3 Å². The fourth-order valence-corrected chi connectivity index (χ4v) is 3.77. The van der Waals surface area contributed by atoms with Crippen LogP contribution in [0.5, 0.6) is 5.75 Å². The van der Waals surface area contributed by atoms with Crippen LogP contribution in [0.1, 0.15) is 5.56 Å². The number of benzene rings is 2. The molecule has 0 spiro atoms. The molecule has 0 radical (unpaired) electrons. The van der Waals surface area contributed by atoms with Gasteiger partial charge in [-0.3, -0.25) is 14.3 Å². The summed E-state index contributed by atoms with van der Waals surface area (Å²) in [5.74, 6) is 0.789. The number of hydrogen-bond acceptors (Lipinski definition) is 8. The molecule has 4 rings (SSSR count). The van der Waals surface area contributed by atoms with Crippen molar-refractivity contribution in [2.45, 2.75) is 12.6 Å². The predicted octanol–water partition coefficient (Wildman–Crippen LogP) is 2.14. The summed E-state index contributed by atoms with van der Waals surface area (Å²) in [7, 11) is 5.43. The number of nitrogens with zero attached hydrogens (tertiary/aromatic N) is 5. The SMILES string of the molecule is CN(C)c1ccc(/C=N/Nc2nc3c(c(=O)[nH]c(=O)n3C)n2C[C@@H](O)COc2ccc(Br)cc2)cc1. The molecule has 0 unspecified atom stereocenters. The number of anilines is 2. The van der Waals surface area contributed by atoms with E-state index >= 15 is 0 Å². The lowest BCUT2D eigenvalue weighted by molar-refractivity contribution is 0.0938. The number of nitrogens with one attached hydrogen (secondary N) is 2. The molecule has 0 bridgehead atoms. The first-order valence-corrected chi connectivity index (χ1v) is 11.8. The standard InChI is InChI=1S/C24H26BrN7O4/c1-30(2)17-8-4-15(5-9-17)12-26-29-23-27-21-20(22(34)28-24(35)31(21)3)32(23)13-18(33)14-36-19-10-6-16(25)7-11-19/h4-12,18,33H,13-14H2,1-3H3,(H,27,29)(H,28,34,35)/b26-12+/t18-/m1/s1. The van der Waals surface area contributed by atoms with E-state index in [1.165, 1.54) is 16.2 Å². The van der Waals surface area contributed by atoms with Crippen LogP contribution in [-0.4, -0.2) is 57.2 Å². The monoisotopic (exact) mass is 555 g/mol. The fourth-order valence-electron chi connectivity index (χ4n) is 3.51. The van der Waals surface area contributed by atoms with E-state index < -0.39 is 17.4 Å². The van der Waals surface area contributed by atoms with Crippen molar-refractivity contribution >= 4 is 44.9 Å². The van der Waals surface area contributed by atoms with Gasteiger partial charge in [-0.1, -0.05) is 28.1 Å². The lowest BCUT2D eigenvalue weighted by atomic mass is 10.2. The van der Waals surface area contributed by atoms with Gasteiger partial charge in [0.1, 0.15) is 18.5 Å². The van der Waals surface area contributed by atoms with Crippen LogP contribution in [0.2, 0.25) is 0 Å². The molecule has 0 aliphatic carbocycles. The van der Waals surface area contributed by atoms with Crippen LogP contribution in [-0.2, 0) is 13.6 Å². The summed E-state index contributed by atoms with van der Waals surface area (Å²) < 4.78 is 9.29. The predicted molar refractivity (Wildman–Crippen MR) is 143 cm³/mol. The van der Waals surface area contributed by atoms with E-state index in [-0.39, 0.29) is 30.3 Å². The zero-order valence-electron chi connectivity index (χ0n) is 20.0. The maximum atomic E-state index is 12.6. The topological polar surface area (TPSA) is 130 Å². The Morgan fingerprint density at radius 1 is 1.19 bits per heavy atom. The molecule has 0 fully saturated rings. The van der Waals surface area contributed by atoms with E-state index in [1.807, 2.05) is 55.4 Å². The maximum absolute atomic E-state index is 12.6. The van der Waals surface area contributed by atoms with Crippen molar-refractivity contribution in [3.05, 3.63) is 79.4 Å². The molecule has 2 aromatic carbocycles. The Balaban J connectivity index is 1.58. The van der Waals surface area contributed by atoms with Gasteiger partial charge in [0.05, 0.1) is 12.8 Å². The molecule has 2 aromatic heterocycles. The number of ether oxygens (including phenoxy) is 1. The third-order valence-electron chi connectivity index (χ3n) is 5.44. The first kappa shape index (κ1) is 25.2. The second kappa shape index (κ2) is 10.8. The van der Waals surface area contributed by atoms with Crippen molar-refractivity contribution in [2.24, 2.45) is 12.1 Å². The Morgan fingerprint density at radius 3 is 2.56 bits per heavy atom. The van der Waals surface area contributed by atoms with Gasteiger partial charge < -0.3 is 19.3 Å². The number of hydrogen-bond donors (Lipinski definition) is 3. The number of halogens is 1. The molecule has 11 nitrogen and oxygen atoms in total. The Hall–Kier alpha value is -3.90. The minimum atomic E-state index is -0.981. The van der Waals surface area contributed by atoms with Gasteiger partial charge in [-0.05, 0) is 42.0 Å². The molecular formula is C24H26BrN7O4. The number of imidazole rings is 1. The molecule has 0 saturated heterocycles. The number of aliphatic hydroxyl groups excluding tert-OH is 1. The molecule has 3 N–H and O–H groups in total. The van der Waals surface area contributed by atoms with Gasteiger partial charge in [0.15, 0.2) is 11.2 Å². The Kier molecular flexibility index (Phi) is 7.55. The quantitative estimate of drug-likeness (QED) is 0.213. The highest BCUT2D eigenvalue weighted by atomic mass is 79.9. The van der Waals surface area contributed by atoms with Gasteiger partial charge in [0.2, 0.25) is 5.95 Å². The largest absolute Gasteiger partial charge is 0.491 e. The molecule has 1 atom stereocenters. The molecule has 4 aromatic rings. The first-order valence-electron chi connectivity index (χ1n) is 11.1. The number of aryl methyl sites for hydroxylation is 1. The van der Waals surface area contributed by atoms with E-state index in [0.29, 0.717) is 5.75 Å². The number of aliphatic hydroxyl groups is 1. The highest BCUT2D eigenvalue weighted by Crippen LogP contribution is 2.19. The summed E-state index contributed by atoms with van der Waals surface area (Å²) in [6.45, 7) is -0.0460. The first-order chi connectivity index (χ1) is 17.2. The molecule has 0 aliphatic heterocycles. The van der Waals surface area contributed by atoms with Crippen molar-refractivity contribution in [2.75, 3.05) is 31.0 Å². The van der Waals surface area contributed by atoms with Crippen LogP contribution in [0.4, 0.5) is 11.6 Å². The van der Waals surface area contributed by atoms with Gasteiger partial charge in [-0.15, -0.1) is 0 Å². The highest BCUT2D eigenvalue weighted by molar-refractivity contribution is 9.10. The minimum Gasteiger partial charge on any atom is -0.491 e. The molecule has 12 heteroatoms. The van der Waals surface area contributed by atoms with Crippen LogP contribution >= 0.6 is 15.9 Å². The Labute approximate surface area is 214 Å². The van der Waals surface area contributed by atoms with Crippen molar-refractivity contribution in [1.82, 2.24) is 19.1 Å². The minimum absolute atomic E-state index is 0.0219. The molecule has 36 heavy (non-hydrogen) atoms. The second-order valence-corrected chi connectivity index (χ2v) is 9.23. The average molecular weight is 556 g/mol. The lowest BCUT2D eigenvalue weighted by Crippen LogP contribution is -2.30. The van der Waals surface area contributed by atoms with E-state index in [4.69, 9.17) is 4.74 Å². The number of aromatic nitrogens is 4. The molecule has 0 aliphatic rings. The Bertz CT molecular complexity index is 1490. The van der Waals surface area contributed by atoms with Crippen molar-refractivity contribution in [3.8, 4) is 5.75 Å². The summed E-state index contributed by atoms with van der Waals surface area (Å²) in [5.41, 5.74) is 3.83. The zero-order chi connectivity index (χ0) is 25.8. The van der Waals surface area contributed by atoms with Crippen molar-refractivity contribution < 1.29 is 9.84 Å². The van der Waals surface area contributed by atoms with Gasteiger partial charge in [-0.25, -0.2) is 10.2 Å². The average Bonchev–Trinajstić information content (AvgIpc) is 3.21. The van der Waals surface area contributed by atoms with Gasteiger partial charge in [0.25, 0.3) is 5.56 Å². The molecule has 188 valence electrons. The van der Waals surface area contributed by atoms with E-state index in [2.05, 4.69) is 36.4 Å². The van der Waals surface area contributed by atoms with Crippen molar-refractivity contribution in [1.29, 1.82) is 0 Å². The van der Waals surface area contributed by atoms with Gasteiger partial charge in [-0.2, -0.15) is 10.1 Å². The van der Waals surface area contributed by atoms with Crippen molar-refractivity contribution in [3.63, 3.8) is 0 Å². The lowest BCUT2D eigenvalue weighted by Gasteiger charge is -2.15. The van der Waals surface area contributed by atoms with Crippen LogP contribution in [0.25, 0.3) is 11.2 Å². The maximum Gasteiger partial charge on any atom is 0.329 e. The van der Waals surface area contributed by atoms with Gasteiger partial charge in [0, 0.05) is 31.3 Å². The highest BCUT2D eigenvalue weighted by Gasteiger charge is 2.20. The Morgan fingerprint density at radius 2 is 1.89 bits per heavy atom. The summed E-state index contributed by atoms with van der Waals surface area (Å²) in [4.78, 5) is 33.4. The van der Waals surface area contributed by atoms with Crippen LogP contribution in [0, 0.1) is 0 Å². The fraction of sp³-hybridized carbons (Fsp3) is 0.250. The number of hydrazone groups is 1. The van der Waals surface area contributed by atoms with E-state index in [0.717, 1.165) is 15.7 Å². The molecule has 2 heterocycles. The van der Waals surface area contributed by atoms with E-state index in [9.17, 15) is 14.7 Å². The summed E-state index contributed by atoms with van der Waals surface area (Å²) >= 11 is 3.37. The summed E-state index contributed by atoms with van der Waals surface area (Å²) in [6.07, 6.45) is 0.630. The zero-order valence-corrected chi connectivity index (χ0v) is 21.6. The van der Waals surface area contributed by atoms with Crippen LogP contribution in [0.3, 0.4) is 0 Å². The molecule has 0 amide bonds. The normalized spacial score (nSPS) is 12.2. The number of aromatic amines is 1. The number of fused-ring (bicyclic) bond motifs is 1. The molecular weight excluding hydrogens is 530 g/mol. The summed E-state index contributed by atoms with van der Waals surface area (Å²) in [6, 6.07) is 15.0. The molecule has 0 saturated carbocycles. The second-order valence-electron chi connectivity index (χ2n) is 8.31. The number of rotatable bonds is 9. The summed E-state index contributed by atoms with van der Waals surface area (Å²) in [5, 5.41) is 14.9. The van der Waals surface area contributed by atoms with Crippen LogP contribution < -0.4 is 26.3 Å². The number of H-pyrrole nitrogens is 1.